The van der Waals surface area contributed by atoms with Crippen LogP contribution in [0.4, 0.5) is 0 Å². The molecule has 19 heavy (non-hydrogen) atoms. The van der Waals surface area contributed by atoms with Crippen LogP contribution in [0.15, 0.2) is 73.2 Å². The Bertz CT molecular complexity index is 535. The zero-order chi connectivity index (χ0) is 12.9. The first kappa shape index (κ1) is 12.6. The molecular weight excluding hydrogens is 311 g/mol. The number of pyridine rings is 3. The van der Waals surface area contributed by atoms with Gasteiger partial charge in [0.05, 0.1) is 0 Å². The van der Waals surface area contributed by atoms with Crippen LogP contribution >= 0.6 is 0 Å². The summed E-state index contributed by atoms with van der Waals surface area (Å²) in [5.41, 5.74) is 0. The van der Waals surface area contributed by atoms with E-state index in [9.17, 15) is 0 Å². The van der Waals surface area contributed by atoms with E-state index < -0.39 is 27.4 Å². The molecule has 90 valence electrons. The van der Waals surface area contributed by atoms with Crippen molar-refractivity contribution in [3.05, 3.63) is 73.2 Å². The summed E-state index contributed by atoms with van der Waals surface area (Å²) in [6.07, 6.45) is 5.56. The number of hydrogen-bond donors (Lipinski definition) is 0. The average Bonchev–Trinajstić information content (AvgIpc) is 2.51. The van der Waals surface area contributed by atoms with Crippen LogP contribution in [0.3, 0.4) is 0 Å². The van der Waals surface area contributed by atoms with Crippen LogP contribution in [0, 0.1) is 0 Å². The van der Waals surface area contributed by atoms with Gasteiger partial charge >= 0.3 is 123 Å². The monoisotopic (exact) mass is 323 g/mol. The van der Waals surface area contributed by atoms with Crippen molar-refractivity contribution < 1.29 is 27.4 Å². The summed E-state index contributed by atoms with van der Waals surface area (Å²) in [4.78, 5) is 13.6. The molecule has 0 aliphatic rings. The third-order valence-electron chi connectivity index (χ3n) is 2.95. The summed E-state index contributed by atoms with van der Waals surface area (Å²) in [6, 6.07) is 18.3. The summed E-state index contributed by atoms with van der Waals surface area (Å²) in [5.74, 6) is 0. The van der Waals surface area contributed by atoms with Crippen LogP contribution in [0.5, 0.6) is 0 Å². The van der Waals surface area contributed by atoms with Crippen molar-refractivity contribution in [2.75, 3.05) is 0 Å². The van der Waals surface area contributed by atoms with E-state index in [1.807, 2.05) is 55.0 Å². The van der Waals surface area contributed by atoms with E-state index in [0.29, 0.717) is 0 Å². The van der Waals surface area contributed by atoms with E-state index in [2.05, 4.69) is 33.2 Å². The van der Waals surface area contributed by atoms with Crippen molar-refractivity contribution in [1.82, 2.24) is 15.0 Å². The SMILES string of the molecule is c1cc[c]([Y]([c]2ccccn2)[c]2ccccn2)nc1. The summed E-state index contributed by atoms with van der Waals surface area (Å²) in [7, 11) is 0. The maximum atomic E-state index is 4.55. The van der Waals surface area contributed by atoms with Gasteiger partial charge in [-0.3, -0.25) is 0 Å². The normalized spacial score (nSPS) is 10.1. The predicted octanol–water partition coefficient (Wildman–Crippen LogP) is 0.766. The molecule has 0 atom stereocenters. The fraction of sp³-hybridized carbons (Fsp3) is 0. The molecule has 3 aromatic rings. The van der Waals surface area contributed by atoms with E-state index in [1.54, 1.807) is 0 Å². The van der Waals surface area contributed by atoms with Crippen LogP contribution in [0.25, 0.3) is 0 Å². The van der Waals surface area contributed by atoms with Crippen molar-refractivity contribution in [3.63, 3.8) is 0 Å². The van der Waals surface area contributed by atoms with Crippen LogP contribution in [-0.4, -0.2) is 15.0 Å². The molecule has 0 spiro atoms. The molecular formula is C15H12N3Y. The molecule has 3 rings (SSSR count). The maximum absolute atomic E-state index is 4.55. The molecule has 0 fully saturated rings. The van der Waals surface area contributed by atoms with Crippen molar-refractivity contribution >= 4 is 7.51 Å². The van der Waals surface area contributed by atoms with Gasteiger partial charge in [-0.2, -0.15) is 0 Å². The average molecular weight is 323 g/mol. The van der Waals surface area contributed by atoms with Gasteiger partial charge in [0.1, 0.15) is 0 Å². The predicted molar refractivity (Wildman–Crippen MR) is 71.6 cm³/mol. The topological polar surface area (TPSA) is 38.7 Å². The van der Waals surface area contributed by atoms with Crippen LogP contribution in [0.1, 0.15) is 0 Å². The molecule has 0 saturated heterocycles. The van der Waals surface area contributed by atoms with Crippen LogP contribution in [0.2, 0.25) is 0 Å². The Morgan fingerprint density at radius 2 is 0.895 bits per heavy atom. The fourth-order valence-corrected chi connectivity index (χ4v) is 8.30. The zero-order valence-corrected chi connectivity index (χ0v) is 13.2. The molecule has 0 bridgehead atoms. The Labute approximate surface area is 122 Å². The summed E-state index contributed by atoms with van der Waals surface area (Å²) in [6.45, 7) is 0. The first-order chi connectivity index (χ1) is 9.45. The van der Waals surface area contributed by atoms with Crippen molar-refractivity contribution in [3.8, 4) is 0 Å². The summed E-state index contributed by atoms with van der Waals surface area (Å²) in [5, 5.41) is 0. The Hall–Kier alpha value is -1.45. The molecule has 3 aromatic heterocycles. The van der Waals surface area contributed by atoms with E-state index in [1.165, 1.54) is 7.51 Å². The van der Waals surface area contributed by atoms with Crippen LogP contribution in [-0.2, 0) is 27.4 Å². The third kappa shape index (κ3) is 2.94. The van der Waals surface area contributed by atoms with Gasteiger partial charge in [0, 0.05) is 0 Å². The number of nitrogens with zero attached hydrogens (tertiary/aromatic N) is 3. The van der Waals surface area contributed by atoms with Crippen molar-refractivity contribution in [2.45, 2.75) is 0 Å². The summed E-state index contributed by atoms with van der Waals surface area (Å²) < 4.78 is 3.50. The first-order valence-corrected chi connectivity index (χ1v) is 10.4. The molecule has 3 heterocycles. The van der Waals surface area contributed by atoms with Gasteiger partial charge in [-0.1, -0.05) is 0 Å². The second-order valence-electron chi connectivity index (χ2n) is 4.20. The standard InChI is InChI=1S/3C5H4N.Y/c3*1-2-4-6-5-3-1;/h3*1-4H;. The molecule has 0 unspecified atom stereocenters. The molecule has 0 N–H and O–H groups in total. The second-order valence-corrected chi connectivity index (χ2v) is 10.7. The van der Waals surface area contributed by atoms with Crippen LogP contribution < -0.4 is 7.51 Å². The molecule has 4 heteroatoms. The molecule has 0 saturated carbocycles. The molecule has 3 nitrogen and oxygen atoms in total. The minimum absolute atomic E-state index is 1.17. The number of aromatic nitrogens is 3. The Balaban J connectivity index is 2.12. The van der Waals surface area contributed by atoms with Gasteiger partial charge in [0.25, 0.3) is 0 Å². The van der Waals surface area contributed by atoms with Gasteiger partial charge in [0.15, 0.2) is 0 Å². The Morgan fingerprint density at radius 3 is 1.16 bits per heavy atom. The molecule has 0 radical (unpaired) electrons. The molecule has 0 amide bonds. The van der Waals surface area contributed by atoms with Gasteiger partial charge in [-0.05, 0) is 0 Å². The van der Waals surface area contributed by atoms with Crippen molar-refractivity contribution in [2.24, 2.45) is 0 Å². The Kier molecular flexibility index (Phi) is 4.06. The summed E-state index contributed by atoms with van der Waals surface area (Å²) >= 11 is -2.47. The van der Waals surface area contributed by atoms with E-state index in [0.717, 1.165) is 0 Å². The second kappa shape index (κ2) is 6.13. The molecule has 0 aromatic carbocycles. The Morgan fingerprint density at radius 1 is 0.526 bits per heavy atom. The van der Waals surface area contributed by atoms with Gasteiger partial charge in [0.2, 0.25) is 0 Å². The van der Waals surface area contributed by atoms with Gasteiger partial charge in [-0.25, -0.2) is 0 Å². The minimum atomic E-state index is -2.47. The number of rotatable bonds is 3. The third-order valence-corrected chi connectivity index (χ3v) is 9.83. The van der Waals surface area contributed by atoms with Crippen molar-refractivity contribution in [1.29, 1.82) is 0 Å². The van der Waals surface area contributed by atoms with E-state index in [4.69, 9.17) is 0 Å². The van der Waals surface area contributed by atoms with E-state index >= 15 is 0 Å². The van der Waals surface area contributed by atoms with E-state index in [-0.39, 0.29) is 0 Å². The zero-order valence-electron chi connectivity index (χ0n) is 10.3. The first-order valence-electron chi connectivity index (χ1n) is 6.18. The molecule has 0 aliphatic carbocycles. The number of hydrogen-bond acceptors (Lipinski definition) is 3. The quantitative estimate of drug-likeness (QED) is 0.715. The fourth-order valence-electron chi connectivity index (χ4n) is 2.09. The molecule has 0 aliphatic heterocycles. The van der Waals surface area contributed by atoms with Gasteiger partial charge in [-0.15, -0.1) is 0 Å². The van der Waals surface area contributed by atoms with Gasteiger partial charge < -0.3 is 0 Å².